The van der Waals surface area contributed by atoms with E-state index in [2.05, 4.69) is 6.42 Å². The van der Waals surface area contributed by atoms with Gasteiger partial charge in [0.25, 0.3) is 0 Å². The molecule has 0 aliphatic rings. The van der Waals surface area contributed by atoms with E-state index in [9.17, 15) is 0 Å². The summed E-state index contributed by atoms with van der Waals surface area (Å²) in [5.41, 5.74) is 0. The normalized spacial score (nSPS) is 0.500. The van der Waals surface area contributed by atoms with E-state index in [1.165, 1.54) is 0 Å². The van der Waals surface area contributed by atoms with E-state index in [4.69, 9.17) is 6.42 Å². The molecule has 0 unspecified atom stereocenters. The van der Waals surface area contributed by atoms with Gasteiger partial charge >= 0.3 is 18.9 Å². The first-order chi connectivity index (χ1) is 1.00. The van der Waals surface area contributed by atoms with Crippen molar-refractivity contribution >= 4 is 0 Å². The molecule has 0 saturated heterocycles. The first-order valence-electron chi connectivity index (χ1n) is 0.289. The van der Waals surface area contributed by atoms with Gasteiger partial charge in [-0.1, -0.05) is 0 Å². The van der Waals surface area contributed by atoms with Crippen LogP contribution >= 0.6 is 0 Å². The standard InChI is InChI=1S/C2H.Li.H3N/c1-2;;/h1H;;1H3/q-1;+1;. The summed E-state index contributed by atoms with van der Waals surface area (Å²) >= 11 is 0. The summed E-state index contributed by atoms with van der Waals surface area (Å²) in [6.45, 7) is 0. The van der Waals surface area contributed by atoms with Gasteiger partial charge in [-0.25, -0.2) is 0 Å². The molecule has 0 heterocycles. The summed E-state index contributed by atoms with van der Waals surface area (Å²) in [4.78, 5) is 0. The minimum Gasteiger partial charge on any atom is -0.697 e. The molecule has 0 rings (SSSR count). The van der Waals surface area contributed by atoms with Crippen LogP contribution in [0, 0.1) is 12.8 Å². The summed E-state index contributed by atoms with van der Waals surface area (Å²) in [7, 11) is 0. The van der Waals surface area contributed by atoms with Crippen LogP contribution in [0.25, 0.3) is 0 Å². The van der Waals surface area contributed by atoms with Gasteiger partial charge in [-0.3, -0.25) is 0 Å². The maximum atomic E-state index is 5.25. The van der Waals surface area contributed by atoms with E-state index in [-0.39, 0.29) is 25.0 Å². The average Bonchev–Trinajstić information content (AvgIpc) is 1.00. The molecule has 0 aliphatic heterocycles. The molecule has 0 aromatic heterocycles. The Kier molecular flexibility index (Phi) is 8120. The van der Waals surface area contributed by atoms with Crippen LogP contribution in [0.5, 0.6) is 0 Å². The van der Waals surface area contributed by atoms with Crippen molar-refractivity contribution < 1.29 is 18.9 Å². The quantitative estimate of drug-likeness (QED) is 0.182. The molecule has 0 bridgehead atoms. The fourth-order valence-electron chi connectivity index (χ4n) is 0. The fourth-order valence-corrected chi connectivity index (χ4v) is 0. The second-order valence-corrected chi connectivity index (χ2v) is 0. The maximum Gasteiger partial charge on any atom is 1.00 e. The predicted octanol–water partition coefficient (Wildman–Crippen LogP) is -2.63. The predicted molar refractivity (Wildman–Crippen MR) is 13.2 cm³/mol. The first kappa shape index (κ1) is 32.0. The Hall–Kier alpha value is 0.117. The van der Waals surface area contributed by atoms with E-state index in [0.29, 0.717) is 0 Å². The third-order valence-electron chi connectivity index (χ3n) is 0. The van der Waals surface area contributed by atoms with Crippen molar-refractivity contribution in [3.05, 3.63) is 6.42 Å². The molecule has 3 N–H and O–H groups in total. The largest absolute Gasteiger partial charge is 1.00 e. The van der Waals surface area contributed by atoms with Crippen LogP contribution in [0.4, 0.5) is 0 Å². The van der Waals surface area contributed by atoms with Crippen molar-refractivity contribution in [1.82, 2.24) is 6.15 Å². The summed E-state index contributed by atoms with van der Waals surface area (Å²) in [5, 5.41) is 0. The average molecular weight is 49.0 g/mol. The third kappa shape index (κ3) is 192. The van der Waals surface area contributed by atoms with E-state index in [1.54, 1.807) is 0 Å². The van der Waals surface area contributed by atoms with Crippen molar-refractivity contribution in [2.45, 2.75) is 0 Å². The Morgan fingerprint density at radius 2 is 1.25 bits per heavy atom. The van der Waals surface area contributed by atoms with Crippen LogP contribution < -0.4 is 25.0 Å². The summed E-state index contributed by atoms with van der Waals surface area (Å²) in [5.74, 6) is 0. The molecule has 0 saturated carbocycles. The smallest absolute Gasteiger partial charge is 0.697 e. The second-order valence-electron chi connectivity index (χ2n) is 0. The number of rotatable bonds is 0. The Bertz CT molecular complexity index is 10.8. The Morgan fingerprint density at radius 3 is 1.25 bits per heavy atom. The minimum absolute atomic E-state index is 0. The molecular weight excluding hydrogens is 45.0 g/mol. The Morgan fingerprint density at radius 1 is 1.25 bits per heavy atom. The molecule has 0 spiro atoms. The van der Waals surface area contributed by atoms with Gasteiger partial charge in [0.15, 0.2) is 0 Å². The summed E-state index contributed by atoms with van der Waals surface area (Å²) < 4.78 is 0. The van der Waals surface area contributed by atoms with Crippen molar-refractivity contribution in [3.63, 3.8) is 0 Å². The van der Waals surface area contributed by atoms with E-state index >= 15 is 0 Å². The molecular formula is C2H4LiN. The number of hydrogen-bond acceptors (Lipinski definition) is 1. The molecule has 2 heteroatoms. The van der Waals surface area contributed by atoms with Gasteiger partial charge in [-0.15, -0.1) is 0 Å². The maximum absolute atomic E-state index is 5.25. The van der Waals surface area contributed by atoms with Gasteiger partial charge in [0.05, 0.1) is 0 Å². The molecule has 0 radical (unpaired) electrons. The van der Waals surface area contributed by atoms with Crippen molar-refractivity contribution in [1.29, 1.82) is 0 Å². The topological polar surface area (TPSA) is 35.0 Å². The van der Waals surface area contributed by atoms with Crippen LogP contribution in [-0.4, -0.2) is 0 Å². The van der Waals surface area contributed by atoms with E-state index in [0.717, 1.165) is 0 Å². The van der Waals surface area contributed by atoms with Crippen molar-refractivity contribution in [3.8, 4) is 6.42 Å². The van der Waals surface area contributed by atoms with Gasteiger partial charge < -0.3 is 19.0 Å². The molecule has 0 aromatic rings. The molecule has 4 heavy (non-hydrogen) atoms. The first-order valence-corrected chi connectivity index (χ1v) is 0.289. The van der Waals surface area contributed by atoms with Gasteiger partial charge in [-0.05, 0) is 0 Å². The van der Waals surface area contributed by atoms with Gasteiger partial charge in [-0.2, -0.15) is 0 Å². The summed E-state index contributed by atoms with van der Waals surface area (Å²) in [6.07, 6.45) is 9.00. The van der Waals surface area contributed by atoms with Crippen LogP contribution in [0.2, 0.25) is 0 Å². The minimum atomic E-state index is 0. The SMILES string of the molecule is N.[C-]#C.[Li+]. The van der Waals surface area contributed by atoms with Crippen LogP contribution in [0.1, 0.15) is 0 Å². The third-order valence-corrected chi connectivity index (χ3v) is 0. The molecule has 0 atom stereocenters. The molecule has 0 amide bonds. The van der Waals surface area contributed by atoms with Gasteiger partial charge in [0.2, 0.25) is 0 Å². The Labute approximate surface area is 38.5 Å². The summed E-state index contributed by atoms with van der Waals surface area (Å²) in [6, 6.07) is 0. The van der Waals surface area contributed by atoms with Crippen LogP contribution in [0.3, 0.4) is 0 Å². The van der Waals surface area contributed by atoms with Crippen LogP contribution in [-0.2, 0) is 0 Å². The zero-order valence-electron chi connectivity index (χ0n) is 2.78. The zero-order chi connectivity index (χ0) is 2.00. The number of terminal acetylenes is 1. The second kappa shape index (κ2) is 1010. The zero-order valence-corrected chi connectivity index (χ0v) is 2.78. The Balaban J connectivity index is -0.00000000500. The van der Waals surface area contributed by atoms with E-state index < -0.39 is 0 Å². The van der Waals surface area contributed by atoms with Crippen molar-refractivity contribution in [2.24, 2.45) is 0 Å². The van der Waals surface area contributed by atoms with E-state index in [1.807, 2.05) is 0 Å². The number of hydrogen-bond donors (Lipinski definition) is 1. The fraction of sp³-hybridized carbons (Fsp3) is 0. The molecule has 0 fully saturated rings. The molecule has 1 nitrogen and oxygen atoms in total. The van der Waals surface area contributed by atoms with Crippen molar-refractivity contribution in [2.75, 3.05) is 0 Å². The van der Waals surface area contributed by atoms with Gasteiger partial charge in [0, 0.05) is 0 Å². The van der Waals surface area contributed by atoms with Crippen LogP contribution in [0.15, 0.2) is 0 Å². The monoisotopic (exact) mass is 49.1 g/mol. The molecule has 0 aromatic carbocycles. The molecule has 18 valence electrons. The van der Waals surface area contributed by atoms with Gasteiger partial charge in [0.1, 0.15) is 0 Å². The molecule has 0 aliphatic carbocycles.